The van der Waals surface area contributed by atoms with Crippen molar-refractivity contribution in [3.05, 3.63) is 69.8 Å². The van der Waals surface area contributed by atoms with E-state index in [0.717, 1.165) is 13.3 Å². The molecule has 1 atom stereocenters. The normalized spacial score (nSPS) is 11.8. The standard InChI is InChI=1S/C20H18N2O6/c1-27-16(23)9-13(11-7-8-21-15-6-4-3-5-12(11)15)17-18(24)14(20(26)28-2)10-22-19(17)25/h3-8,10,13H,9H2,1-2H3,(H2,22,24,25)/t13-/m0/s1. The summed E-state index contributed by atoms with van der Waals surface area (Å²) in [6, 6.07) is 8.88. The highest BCUT2D eigenvalue weighted by Crippen LogP contribution is 2.36. The van der Waals surface area contributed by atoms with E-state index in [9.17, 15) is 19.5 Å². The summed E-state index contributed by atoms with van der Waals surface area (Å²) in [6.07, 6.45) is 2.41. The summed E-state index contributed by atoms with van der Waals surface area (Å²) in [7, 11) is 2.40. The third kappa shape index (κ3) is 3.44. The Morgan fingerprint density at radius 1 is 1.18 bits per heavy atom. The Morgan fingerprint density at radius 2 is 1.93 bits per heavy atom. The van der Waals surface area contributed by atoms with E-state index in [4.69, 9.17) is 4.74 Å². The van der Waals surface area contributed by atoms with Crippen molar-refractivity contribution in [2.75, 3.05) is 14.2 Å². The van der Waals surface area contributed by atoms with Crippen LogP contribution in [0.15, 0.2) is 47.5 Å². The molecule has 0 fully saturated rings. The number of nitrogens with zero attached hydrogens (tertiary/aromatic N) is 1. The molecule has 8 heteroatoms. The number of methoxy groups -OCH3 is 2. The van der Waals surface area contributed by atoms with Crippen LogP contribution in [0.5, 0.6) is 5.75 Å². The molecule has 0 radical (unpaired) electrons. The first-order chi connectivity index (χ1) is 13.5. The lowest BCUT2D eigenvalue weighted by atomic mass is 9.86. The second-order valence-electron chi connectivity index (χ2n) is 6.04. The molecule has 0 bridgehead atoms. The van der Waals surface area contributed by atoms with Gasteiger partial charge in [-0.2, -0.15) is 0 Å². The Balaban J connectivity index is 2.29. The molecule has 0 unspecified atom stereocenters. The van der Waals surface area contributed by atoms with Crippen LogP contribution in [0.4, 0.5) is 0 Å². The summed E-state index contributed by atoms with van der Waals surface area (Å²) in [5, 5.41) is 11.4. The molecular formula is C20H18N2O6. The number of benzene rings is 1. The van der Waals surface area contributed by atoms with Gasteiger partial charge in [0.1, 0.15) is 11.3 Å². The van der Waals surface area contributed by atoms with Gasteiger partial charge < -0.3 is 19.6 Å². The predicted octanol–water partition coefficient (Wildman–Crippen LogP) is 2.11. The third-order valence-corrected chi connectivity index (χ3v) is 4.51. The van der Waals surface area contributed by atoms with Gasteiger partial charge in [0.25, 0.3) is 5.56 Å². The quantitative estimate of drug-likeness (QED) is 0.649. The molecule has 3 rings (SSSR count). The molecule has 0 aliphatic rings. The van der Waals surface area contributed by atoms with Crippen LogP contribution in [0, 0.1) is 0 Å². The molecule has 28 heavy (non-hydrogen) atoms. The van der Waals surface area contributed by atoms with Gasteiger partial charge in [-0.25, -0.2) is 4.79 Å². The van der Waals surface area contributed by atoms with Crippen molar-refractivity contribution in [1.29, 1.82) is 0 Å². The molecule has 0 spiro atoms. The predicted molar refractivity (Wildman–Crippen MR) is 100 cm³/mol. The number of aromatic amines is 1. The summed E-state index contributed by atoms with van der Waals surface area (Å²) < 4.78 is 9.42. The SMILES string of the molecule is COC(=O)C[C@H](c1c(O)c(C(=O)OC)c[nH]c1=O)c1ccnc2ccccc12. The van der Waals surface area contributed by atoms with E-state index >= 15 is 0 Å². The number of ether oxygens (including phenoxy) is 2. The molecule has 0 amide bonds. The molecule has 1 aromatic carbocycles. The van der Waals surface area contributed by atoms with Gasteiger partial charge in [0.15, 0.2) is 0 Å². The van der Waals surface area contributed by atoms with E-state index < -0.39 is 29.2 Å². The zero-order chi connectivity index (χ0) is 20.3. The smallest absolute Gasteiger partial charge is 0.343 e. The maximum absolute atomic E-state index is 12.6. The fraction of sp³-hybridized carbons (Fsp3) is 0.200. The summed E-state index contributed by atoms with van der Waals surface area (Å²) >= 11 is 0. The van der Waals surface area contributed by atoms with E-state index in [1.165, 1.54) is 7.11 Å². The number of rotatable bonds is 5. The van der Waals surface area contributed by atoms with Crippen molar-refractivity contribution in [3.63, 3.8) is 0 Å². The Kier molecular flexibility index (Phi) is 5.39. The summed E-state index contributed by atoms with van der Waals surface area (Å²) in [5.74, 6) is -2.79. The van der Waals surface area contributed by atoms with Gasteiger partial charge in [0.2, 0.25) is 0 Å². The van der Waals surface area contributed by atoms with E-state index in [1.807, 2.05) is 6.07 Å². The lowest BCUT2D eigenvalue weighted by molar-refractivity contribution is -0.140. The second kappa shape index (κ2) is 7.91. The van der Waals surface area contributed by atoms with Gasteiger partial charge in [-0.15, -0.1) is 0 Å². The number of aromatic nitrogens is 2. The molecule has 3 aromatic rings. The van der Waals surface area contributed by atoms with Crippen LogP contribution in [-0.2, 0) is 14.3 Å². The number of esters is 2. The molecule has 2 aromatic heterocycles. The number of hydrogen-bond acceptors (Lipinski definition) is 7. The van der Waals surface area contributed by atoms with Gasteiger partial charge in [-0.3, -0.25) is 14.6 Å². The molecule has 0 aliphatic carbocycles. The first-order valence-electron chi connectivity index (χ1n) is 8.41. The largest absolute Gasteiger partial charge is 0.506 e. The molecule has 144 valence electrons. The highest BCUT2D eigenvalue weighted by Gasteiger charge is 2.29. The van der Waals surface area contributed by atoms with Crippen LogP contribution in [0.2, 0.25) is 0 Å². The minimum atomic E-state index is -0.867. The fourth-order valence-corrected chi connectivity index (χ4v) is 3.16. The zero-order valence-electron chi connectivity index (χ0n) is 15.3. The molecule has 8 nitrogen and oxygen atoms in total. The number of H-pyrrole nitrogens is 1. The van der Waals surface area contributed by atoms with Gasteiger partial charge >= 0.3 is 11.9 Å². The number of fused-ring (bicyclic) bond motifs is 1. The number of nitrogens with one attached hydrogen (secondary N) is 1. The maximum Gasteiger partial charge on any atom is 0.343 e. The van der Waals surface area contributed by atoms with Crippen molar-refractivity contribution >= 4 is 22.8 Å². The number of pyridine rings is 2. The van der Waals surface area contributed by atoms with Crippen molar-refractivity contribution in [2.24, 2.45) is 0 Å². The van der Waals surface area contributed by atoms with Crippen LogP contribution in [0.25, 0.3) is 10.9 Å². The van der Waals surface area contributed by atoms with Crippen LogP contribution in [0.3, 0.4) is 0 Å². The number of aromatic hydroxyl groups is 1. The fourth-order valence-electron chi connectivity index (χ4n) is 3.16. The number of carbonyl (C=O) groups excluding carboxylic acids is 2. The lowest BCUT2D eigenvalue weighted by Gasteiger charge is -2.19. The minimum Gasteiger partial charge on any atom is -0.506 e. The summed E-state index contributed by atoms with van der Waals surface area (Å²) in [4.78, 5) is 43.3. The summed E-state index contributed by atoms with van der Waals surface area (Å²) in [5.41, 5.74) is 0.309. The van der Waals surface area contributed by atoms with E-state index in [2.05, 4.69) is 14.7 Å². The number of hydrogen-bond donors (Lipinski definition) is 2. The molecule has 0 saturated heterocycles. The first kappa shape index (κ1) is 19.1. The summed E-state index contributed by atoms with van der Waals surface area (Å²) in [6.45, 7) is 0. The Labute approximate surface area is 159 Å². The van der Waals surface area contributed by atoms with Crippen LogP contribution >= 0.6 is 0 Å². The molecule has 0 saturated carbocycles. The number of carbonyl (C=O) groups is 2. The maximum atomic E-state index is 12.6. The van der Waals surface area contributed by atoms with E-state index in [-0.39, 0.29) is 17.5 Å². The average Bonchev–Trinajstić information content (AvgIpc) is 2.72. The third-order valence-electron chi connectivity index (χ3n) is 4.51. The number of para-hydroxylation sites is 1. The highest BCUT2D eigenvalue weighted by molar-refractivity contribution is 5.93. The van der Waals surface area contributed by atoms with Crippen molar-refractivity contribution in [1.82, 2.24) is 9.97 Å². The Hall–Kier alpha value is -3.68. The Bertz CT molecular complexity index is 1100. The molecule has 2 heterocycles. The van der Waals surface area contributed by atoms with E-state index in [1.54, 1.807) is 30.5 Å². The average molecular weight is 382 g/mol. The molecule has 0 aliphatic heterocycles. The van der Waals surface area contributed by atoms with Gasteiger partial charge in [-0.1, -0.05) is 18.2 Å². The van der Waals surface area contributed by atoms with Gasteiger partial charge in [-0.05, 0) is 17.7 Å². The second-order valence-corrected chi connectivity index (χ2v) is 6.04. The van der Waals surface area contributed by atoms with Crippen LogP contribution < -0.4 is 5.56 Å². The lowest BCUT2D eigenvalue weighted by Crippen LogP contribution is -2.22. The van der Waals surface area contributed by atoms with Crippen LogP contribution in [-0.4, -0.2) is 41.2 Å². The van der Waals surface area contributed by atoms with Gasteiger partial charge in [0.05, 0.1) is 31.7 Å². The van der Waals surface area contributed by atoms with Crippen molar-refractivity contribution < 1.29 is 24.2 Å². The minimum absolute atomic E-state index is 0.121. The Morgan fingerprint density at radius 3 is 2.64 bits per heavy atom. The topological polar surface area (TPSA) is 119 Å². The van der Waals surface area contributed by atoms with Crippen molar-refractivity contribution in [3.8, 4) is 5.75 Å². The molecular weight excluding hydrogens is 364 g/mol. The van der Waals surface area contributed by atoms with Crippen molar-refractivity contribution in [2.45, 2.75) is 12.3 Å². The monoisotopic (exact) mass is 382 g/mol. The highest BCUT2D eigenvalue weighted by atomic mass is 16.5. The van der Waals surface area contributed by atoms with E-state index in [0.29, 0.717) is 16.5 Å². The zero-order valence-corrected chi connectivity index (χ0v) is 15.3. The molecule has 2 N–H and O–H groups in total. The first-order valence-corrected chi connectivity index (χ1v) is 8.41. The van der Waals surface area contributed by atoms with Gasteiger partial charge in [0, 0.05) is 23.7 Å². The van der Waals surface area contributed by atoms with Crippen LogP contribution in [0.1, 0.15) is 33.8 Å².